The molecule has 1 amide bonds. The number of aliphatic hydroxyl groups excluding tert-OH is 1. The van der Waals surface area contributed by atoms with E-state index in [1.165, 1.54) is 16.7 Å². The van der Waals surface area contributed by atoms with E-state index in [0.717, 1.165) is 12.7 Å². The lowest BCUT2D eigenvalue weighted by Gasteiger charge is -2.51. The summed E-state index contributed by atoms with van der Waals surface area (Å²) in [5.74, 6) is -1.96. The van der Waals surface area contributed by atoms with Crippen LogP contribution in [-0.2, 0) is 30.5 Å². The number of halogens is 1. The zero-order valence-corrected chi connectivity index (χ0v) is 17.5. The number of ether oxygens (including phenoxy) is 2. The van der Waals surface area contributed by atoms with Crippen molar-refractivity contribution in [2.45, 2.75) is 47.0 Å². The highest BCUT2D eigenvalue weighted by atomic mass is 79.9. The predicted molar refractivity (Wildman–Crippen MR) is 102 cm³/mol. The van der Waals surface area contributed by atoms with E-state index in [1.54, 1.807) is 0 Å². The molecule has 27 heavy (non-hydrogen) atoms. The van der Waals surface area contributed by atoms with E-state index in [0.29, 0.717) is 0 Å². The number of amides is 1. The van der Waals surface area contributed by atoms with Crippen molar-refractivity contribution in [1.82, 2.24) is 4.90 Å². The summed E-state index contributed by atoms with van der Waals surface area (Å²) in [6.07, 6.45) is -1.67. The fraction of sp³-hybridized carbons (Fsp3) is 0.500. The van der Waals surface area contributed by atoms with Crippen LogP contribution in [0.2, 0.25) is 0 Å². The molecule has 2 saturated heterocycles. The van der Waals surface area contributed by atoms with Gasteiger partial charge < -0.3 is 19.5 Å². The number of rotatable bonds is 5. The summed E-state index contributed by atoms with van der Waals surface area (Å²) in [6.45, 7) is 3.76. The molecule has 0 aliphatic carbocycles. The van der Waals surface area contributed by atoms with Crippen molar-refractivity contribution in [1.29, 1.82) is 0 Å². The van der Waals surface area contributed by atoms with E-state index in [2.05, 4.69) is 20.7 Å². The van der Waals surface area contributed by atoms with Gasteiger partial charge in [-0.15, -0.1) is 11.8 Å². The van der Waals surface area contributed by atoms with Crippen LogP contribution in [0.15, 0.2) is 30.3 Å². The molecule has 2 aliphatic rings. The number of fused-ring (bicyclic) bond motifs is 1. The van der Waals surface area contributed by atoms with Crippen LogP contribution in [0.4, 0.5) is 0 Å². The Morgan fingerprint density at radius 3 is 2.56 bits per heavy atom. The van der Waals surface area contributed by atoms with Crippen molar-refractivity contribution in [3.63, 3.8) is 0 Å². The van der Waals surface area contributed by atoms with Gasteiger partial charge in [-0.2, -0.15) is 0 Å². The van der Waals surface area contributed by atoms with Gasteiger partial charge in [0.25, 0.3) is 0 Å². The molecule has 1 N–H and O–H groups in total. The molecule has 7 nitrogen and oxygen atoms in total. The minimum Gasteiger partial charge on any atom is -0.467 e. The second kappa shape index (κ2) is 7.10. The molecular formula is C18H20BrNO6S. The molecule has 0 aromatic heterocycles. The van der Waals surface area contributed by atoms with E-state index in [9.17, 15) is 19.5 Å². The number of carbonyl (C=O) groups excluding carboxylic acids is 3. The van der Waals surface area contributed by atoms with E-state index in [1.807, 2.05) is 44.2 Å². The van der Waals surface area contributed by atoms with Gasteiger partial charge in [-0.3, -0.25) is 4.79 Å². The van der Waals surface area contributed by atoms with Gasteiger partial charge in [0.1, 0.15) is 18.0 Å². The molecule has 1 aromatic carbocycles. The number of hydrogen-bond acceptors (Lipinski definition) is 7. The van der Waals surface area contributed by atoms with Crippen molar-refractivity contribution in [3.05, 3.63) is 35.9 Å². The standard InChI is InChI=1S/C18H20BrNO6S/c1-17(2)11(13(22)26-9-10-7-5-4-6-8-10)20-15(24)18(19,16(20)27-17)12(21)14(23)25-3/h4-8,11-12,16,21H,9H2,1-3H3/t11-,12?,16+,18?/m0/s1. The third-order valence-electron chi connectivity index (χ3n) is 4.80. The molecular weight excluding hydrogens is 438 g/mol. The van der Waals surface area contributed by atoms with Crippen LogP contribution in [0.1, 0.15) is 19.4 Å². The molecule has 0 bridgehead atoms. The van der Waals surface area contributed by atoms with E-state index < -0.39 is 44.4 Å². The molecule has 2 heterocycles. The third kappa shape index (κ3) is 3.15. The molecule has 146 valence electrons. The Bertz CT molecular complexity index is 772. The number of methoxy groups -OCH3 is 1. The molecule has 0 saturated carbocycles. The van der Waals surface area contributed by atoms with Crippen LogP contribution in [0.3, 0.4) is 0 Å². The van der Waals surface area contributed by atoms with Crippen molar-refractivity contribution in [3.8, 4) is 0 Å². The molecule has 4 atom stereocenters. The Hall–Kier alpha value is -1.58. The van der Waals surface area contributed by atoms with Crippen LogP contribution in [0.5, 0.6) is 0 Å². The monoisotopic (exact) mass is 457 g/mol. The maximum atomic E-state index is 12.8. The summed E-state index contributed by atoms with van der Waals surface area (Å²) in [5, 5.41) is 9.67. The Kier molecular flexibility index (Phi) is 5.31. The SMILES string of the molecule is COC(=O)C(O)C1(Br)C(=O)N2[C@@H](C(=O)OCc3ccccc3)C(C)(C)S[C@@H]21. The maximum Gasteiger partial charge on any atom is 0.336 e. The van der Waals surface area contributed by atoms with Crippen LogP contribution >= 0.6 is 27.7 Å². The molecule has 0 spiro atoms. The molecule has 3 rings (SSSR count). The van der Waals surface area contributed by atoms with Crippen molar-refractivity contribution >= 4 is 45.5 Å². The van der Waals surface area contributed by atoms with Gasteiger partial charge in [-0.05, 0) is 19.4 Å². The van der Waals surface area contributed by atoms with Gasteiger partial charge in [-0.1, -0.05) is 46.3 Å². The Morgan fingerprint density at radius 2 is 1.96 bits per heavy atom. The number of esters is 2. The van der Waals surface area contributed by atoms with Gasteiger partial charge in [0.05, 0.1) is 7.11 Å². The number of thioether (sulfide) groups is 1. The molecule has 0 radical (unpaired) electrons. The number of nitrogens with zero attached hydrogens (tertiary/aromatic N) is 1. The molecule has 2 unspecified atom stereocenters. The zero-order valence-electron chi connectivity index (χ0n) is 15.0. The first-order valence-electron chi connectivity index (χ1n) is 8.30. The summed E-state index contributed by atoms with van der Waals surface area (Å²) >= 11 is 4.57. The normalized spacial score (nSPS) is 29.5. The number of benzene rings is 1. The topological polar surface area (TPSA) is 93.1 Å². The number of β-lactam (4-membered cyclic amide) rings is 1. The summed E-state index contributed by atoms with van der Waals surface area (Å²) < 4.78 is 7.81. The summed E-state index contributed by atoms with van der Waals surface area (Å²) in [7, 11) is 1.14. The van der Waals surface area contributed by atoms with E-state index in [-0.39, 0.29) is 6.61 Å². The van der Waals surface area contributed by atoms with E-state index in [4.69, 9.17) is 4.74 Å². The summed E-state index contributed by atoms with van der Waals surface area (Å²) in [4.78, 5) is 38.7. The van der Waals surface area contributed by atoms with Crippen molar-refractivity contribution < 1.29 is 29.0 Å². The Labute approximate surface area is 169 Å². The van der Waals surface area contributed by atoms with Crippen LogP contribution < -0.4 is 0 Å². The fourth-order valence-corrected chi connectivity index (χ4v) is 5.91. The quantitative estimate of drug-likeness (QED) is 0.406. The number of aliphatic hydroxyl groups is 1. The third-order valence-corrected chi connectivity index (χ3v) is 7.96. The minimum atomic E-state index is -1.67. The van der Waals surface area contributed by atoms with Gasteiger partial charge >= 0.3 is 11.9 Å². The first-order valence-corrected chi connectivity index (χ1v) is 9.97. The number of hydrogen-bond donors (Lipinski definition) is 1. The average Bonchev–Trinajstić information content (AvgIpc) is 2.94. The second-order valence-electron chi connectivity index (χ2n) is 6.98. The smallest absolute Gasteiger partial charge is 0.336 e. The Balaban J connectivity index is 1.77. The first-order chi connectivity index (χ1) is 12.6. The van der Waals surface area contributed by atoms with Crippen LogP contribution in [0.25, 0.3) is 0 Å². The highest BCUT2D eigenvalue weighted by Crippen LogP contribution is 2.59. The van der Waals surface area contributed by atoms with Crippen molar-refractivity contribution in [2.75, 3.05) is 7.11 Å². The van der Waals surface area contributed by atoms with Gasteiger partial charge in [0, 0.05) is 4.75 Å². The molecule has 1 aromatic rings. The summed E-state index contributed by atoms with van der Waals surface area (Å²) in [6, 6.07) is 8.43. The van der Waals surface area contributed by atoms with Crippen LogP contribution in [-0.4, -0.2) is 61.6 Å². The van der Waals surface area contributed by atoms with Gasteiger partial charge in [0.2, 0.25) is 5.91 Å². The average molecular weight is 458 g/mol. The number of carbonyl (C=O) groups is 3. The summed E-state index contributed by atoms with van der Waals surface area (Å²) in [5.41, 5.74) is 0.844. The highest BCUT2D eigenvalue weighted by Gasteiger charge is 2.74. The second-order valence-corrected chi connectivity index (χ2v) is 10.0. The fourth-order valence-electron chi connectivity index (χ4n) is 3.37. The Morgan fingerprint density at radius 1 is 1.33 bits per heavy atom. The van der Waals surface area contributed by atoms with E-state index >= 15 is 0 Å². The highest BCUT2D eigenvalue weighted by molar-refractivity contribution is 9.10. The first kappa shape index (κ1) is 20.2. The molecule has 2 fully saturated rings. The maximum absolute atomic E-state index is 12.8. The largest absolute Gasteiger partial charge is 0.467 e. The lowest BCUT2D eigenvalue weighted by Crippen LogP contribution is -2.75. The van der Waals surface area contributed by atoms with Gasteiger partial charge in [0.15, 0.2) is 10.4 Å². The zero-order chi connectivity index (χ0) is 20.0. The lowest BCUT2D eigenvalue weighted by molar-refractivity contribution is -0.173. The minimum absolute atomic E-state index is 0.105. The van der Waals surface area contributed by atoms with Gasteiger partial charge in [-0.25, -0.2) is 9.59 Å². The molecule has 2 aliphatic heterocycles. The van der Waals surface area contributed by atoms with Crippen LogP contribution in [0, 0.1) is 0 Å². The predicted octanol–water partition coefficient (Wildman–Crippen LogP) is 1.46. The molecule has 9 heteroatoms. The number of alkyl halides is 1. The lowest BCUT2D eigenvalue weighted by atomic mass is 9.87. The van der Waals surface area contributed by atoms with Crippen molar-refractivity contribution in [2.24, 2.45) is 0 Å².